The van der Waals surface area contributed by atoms with Crippen LogP contribution in [-0.4, -0.2) is 56.4 Å². The van der Waals surface area contributed by atoms with Crippen LogP contribution in [0.3, 0.4) is 0 Å². The van der Waals surface area contributed by atoms with E-state index in [1.807, 2.05) is 12.1 Å². The molecule has 2 rings (SSSR count). The average molecular weight is 280 g/mol. The second kappa shape index (κ2) is 8.19. The molecule has 0 amide bonds. The summed E-state index contributed by atoms with van der Waals surface area (Å²) < 4.78 is 16.4. The van der Waals surface area contributed by atoms with E-state index in [1.54, 1.807) is 13.3 Å². The third kappa shape index (κ3) is 5.07. The summed E-state index contributed by atoms with van der Waals surface area (Å²) in [5, 5.41) is 0. The van der Waals surface area contributed by atoms with Gasteiger partial charge in [0.2, 0.25) is 5.88 Å². The van der Waals surface area contributed by atoms with Gasteiger partial charge in [-0.15, -0.1) is 0 Å². The molecule has 0 spiro atoms. The van der Waals surface area contributed by atoms with Crippen molar-refractivity contribution in [1.82, 2.24) is 9.88 Å². The molecular formula is C15H24N2O3. The van der Waals surface area contributed by atoms with E-state index >= 15 is 0 Å². The Kier molecular flexibility index (Phi) is 6.24. The first-order valence-electron chi connectivity index (χ1n) is 7.14. The Bertz CT molecular complexity index is 392. The third-order valence-electron chi connectivity index (χ3n) is 3.49. The van der Waals surface area contributed by atoms with Crippen molar-refractivity contribution in [1.29, 1.82) is 0 Å². The van der Waals surface area contributed by atoms with Crippen LogP contribution in [0.5, 0.6) is 5.88 Å². The van der Waals surface area contributed by atoms with Gasteiger partial charge in [-0.3, -0.25) is 0 Å². The predicted octanol–water partition coefficient (Wildman–Crippen LogP) is 1.72. The highest BCUT2D eigenvalue weighted by atomic mass is 16.5. The summed E-state index contributed by atoms with van der Waals surface area (Å²) in [7, 11) is 3.81. The van der Waals surface area contributed by atoms with Gasteiger partial charge in [-0.2, -0.15) is 0 Å². The van der Waals surface area contributed by atoms with Gasteiger partial charge in [-0.25, -0.2) is 4.98 Å². The minimum atomic E-state index is 0.372. The second-order valence-electron chi connectivity index (χ2n) is 5.16. The zero-order valence-corrected chi connectivity index (χ0v) is 12.4. The van der Waals surface area contributed by atoms with Gasteiger partial charge in [0, 0.05) is 32.5 Å². The van der Waals surface area contributed by atoms with Crippen molar-refractivity contribution in [3.63, 3.8) is 0 Å². The van der Waals surface area contributed by atoms with Crippen LogP contribution in [0.4, 0.5) is 0 Å². The molecule has 0 aliphatic carbocycles. The fraction of sp³-hybridized carbons (Fsp3) is 0.667. The number of hydrogen-bond acceptors (Lipinski definition) is 5. The molecule has 20 heavy (non-hydrogen) atoms. The lowest BCUT2D eigenvalue weighted by Crippen LogP contribution is -2.34. The van der Waals surface area contributed by atoms with Gasteiger partial charge < -0.3 is 19.1 Å². The van der Waals surface area contributed by atoms with E-state index in [-0.39, 0.29) is 0 Å². The number of pyridine rings is 1. The molecule has 1 fully saturated rings. The first kappa shape index (κ1) is 15.2. The van der Waals surface area contributed by atoms with E-state index < -0.39 is 0 Å². The van der Waals surface area contributed by atoms with Crippen molar-refractivity contribution in [3.05, 3.63) is 23.9 Å². The molecule has 5 nitrogen and oxygen atoms in total. The van der Waals surface area contributed by atoms with Crippen molar-refractivity contribution in [2.75, 3.05) is 40.5 Å². The Morgan fingerprint density at radius 3 is 2.85 bits per heavy atom. The lowest BCUT2D eigenvalue weighted by atomic mass is 10.1. The third-order valence-corrected chi connectivity index (χ3v) is 3.49. The van der Waals surface area contributed by atoms with Gasteiger partial charge in [0.1, 0.15) is 6.61 Å². The summed E-state index contributed by atoms with van der Waals surface area (Å²) in [4.78, 5) is 6.52. The highest BCUT2D eigenvalue weighted by Gasteiger charge is 2.16. The zero-order valence-electron chi connectivity index (χ0n) is 12.4. The smallest absolute Gasteiger partial charge is 0.213 e. The fourth-order valence-electron chi connectivity index (χ4n) is 2.21. The lowest BCUT2D eigenvalue weighted by molar-refractivity contribution is 0.00201. The maximum atomic E-state index is 5.96. The molecule has 1 aromatic rings. The number of methoxy groups -OCH3 is 1. The first-order chi connectivity index (χ1) is 9.78. The number of ether oxygens (including phenoxy) is 3. The van der Waals surface area contributed by atoms with Gasteiger partial charge in [0.15, 0.2) is 0 Å². The van der Waals surface area contributed by atoms with Crippen LogP contribution in [0, 0.1) is 0 Å². The normalized spacial score (nSPS) is 17.3. The molecule has 0 aromatic carbocycles. The van der Waals surface area contributed by atoms with Crippen LogP contribution < -0.4 is 4.74 Å². The van der Waals surface area contributed by atoms with Gasteiger partial charge in [0.25, 0.3) is 0 Å². The highest BCUT2D eigenvalue weighted by molar-refractivity contribution is 5.19. The predicted molar refractivity (Wildman–Crippen MR) is 76.9 cm³/mol. The summed E-state index contributed by atoms with van der Waals surface area (Å²) in [6.45, 7) is 3.94. The largest absolute Gasteiger partial charge is 0.475 e. The minimum Gasteiger partial charge on any atom is -0.475 e. The van der Waals surface area contributed by atoms with Crippen LogP contribution in [0.25, 0.3) is 0 Å². The van der Waals surface area contributed by atoms with Crippen LogP contribution in [0.15, 0.2) is 18.3 Å². The van der Waals surface area contributed by atoms with Gasteiger partial charge in [-0.05, 0) is 31.5 Å². The molecule has 1 aliphatic rings. The second-order valence-corrected chi connectivity index (χ2v) is 5.16. The number of aromatic nitrogens is 1. The Balaban J connectivity index is 1.76. The van der Waals surface area contributed by atoms with Crippen molar-refractivity contribution in [2.45, 2.75) is 25.6 Å². The van der Waals surface area contributed by atoms with Crippen molar-refractivity contribution in [2.24, 2.45) is 0 Å². The fourth-order valence-corrected chi connectivity index (χ4v) is 2.21. The molecule has 1 aliphatic heterocycles. The zero-order chi connectivity index (χ0) is 14.2. The maximum absolute atomic E-state index is 5.96. The van der Waals surface area contributed by atoms with Crippen molar-refractivity contribution >= 4 is 0 Å². The number of nitrogens with zero attached hydrogens (tertiary/aromatic N) is 2. The number of likely N-dealkylation sites (tertiary alicyclic amines) is 1. The SMILES string of the molecule is COCCOc1cc(COC2CCN(C)CC2)ccn1. The van der Waals surface area contributed by atoms with Crippen molar-refractivity contribution < 1.29 is 14.2 Å². The summed E-state index contributed by atoms with van der Waals surface area (Å²) in [6, 6.07) is 3.91. The molecule has 0 radical (unpaired) electrons. The molecule has 0 atom stereocenters. The standard InChI is InChI=1S/C15H24N2O3/c1-17-7-4-14(5-8-17)20-12-13-3-6-16-15(11-13)19-10-9-18-2/h3,6,11,14H,4-5,7-10,12H2,1-2H3. The number of piperidine rings is 1. The van der Waals surface area contributed by atoms with Gasteiger partial charge in [-0.1, -0.05) is 0 Å². The molecule has 1 aromatic heterocycles. The molecule has 1 saturated heterocycles. The van der Waals surface area contributed by atoms with Crippen LogP contribution >= 0.6 is 0 Å². The molecule has 0 saturated carbocycles. The Morgan fingerprint density at radius 2 is 2.10 bits per heavy atom. The van der Waals surface area contributed by atoms with Crippen molar-refractivity contribution in [3.8, 4) is 5.88 Å². The summed E-state index contributed by atoms with van der Waals surface area (Å²) in [6.07, 6.45) is 4.35. The highest BCUT2D eigenvalue weighted by Crippen LogP contribution is 2.16. The summed E-state index contributed by atoms with van der Waals surface area (Å²) >= 11 is 0. The van der Waals surface area contributed by atoms with Gasteiger partial charge >= 0.3 is 0 Å². The summed E-state index contributed by atoms with van der Waals surface area (Å²) in [5.74, 6) is 0.631. The molecule has 0 N–H and O–H groups in total. The first-order valence-corrected chi connectivity index (χ1v) is 7.14. The maximum Gasteiger partial charge on any atom is 0.213 e. The van der Waals surface area contributed by atoms with E-state index in [1.165, 1.54) is 0 Å². The van der Waals surface area contributed by atoms with E-state index in [4.69, 9.17) is 14.2 Å². The van der Waals surface area contributed by atoms with Crippen LogP contribution in [0.1, 0.15) is 18.4 Å². The number of hydrogen-bond donors (Lipinski definition) is 0. The van der Waals surface area contributed by atoms with Gasteiger partial charge in [0.05, 0.1) is 19.3 Å². The molecular weight excluding hydrogens is 256 g/mol. The van der Waals surface area contributed by atoms with Crippen LogP contribution in [0.2, 0.25) is 0 Å². The molecule has 0 bridgehead atoms. The Labute approximate surface area is 120 Å². The number of rotatable bonds is 7. The van der Waals surface area contributed by atoms with Crippen LogP contribution in [-0.2, 0) is 16.1 Å². The van der Waals surface area contributed by atoms with E-state index in [0.29, 0.717) is 31.8 Å². The molecule has 112 valence electrons. The van der Waals surface area contributed by atoms with E-state index in [2.05, 4.69) is 16.9 Å². The molecule has 0 unspecified atom stereocenters. The monoisotopic (exact) mass is 280 g/mol. The molecule has 5 heteroatoms. The molecule has 2 heterocycles. The Morgan fingerprint density at radius 1 is 1.30 bits per heavy atom. The van der Waals surface area contributed by atoms with E-state index in [9.17, 15) is 0 Å². The van der Waals surface area contributed by atoms with E-state index in [0.717, 1.165) is 31.5 Å². The topological polar surface area (TPSA) is 43.8 Å². The lowest BCUT2D eigenvalue weighted by Gasteiger charge is -2.28. The average Bonchev–Trinajstić information content (AvgIpc) is 2.47. The Hall–Kier alpha value is -1.17. The summed E-state index contributed by atoms with van der Waals surface area (Å²) in [5.41, 5.74) is 1.10. The minimum absolute atomic E-state index is 0.372. The quantitative estimate of drug-likeness (QED) is 0.712.